The molecule has 0 radical (unpaired) electrons. The quantitative estimate of drug-likeness (QED) is 0.777. The van der Waals surface area contributed by atoms with Crippen molar-refractivity contribution in [3.05, 3.63) is 15.6 Å². The van der Waals surface area contributed by atoms with Crippen LogP contribution in [0.5, 0.6) is 0 Å². The molecule has 0 aromatic carbocycles. The molecule has 1 saturated carbocycles. The van der Waals surface area contributed by atoms with Crippen molar-refractivity contribution in [3.63, 3.8) is 0 Å². The average Bonchev–Trinajstić information content (AvgIpc) is 2.75. The number of aromatic nitrogens is 1. The van der Waals surface area contributed by atoms with Crippen molar-refractivity contribution in [2.75, 3.05) is 0 Å². The molecule has 1 aliphatic carbocycles. The highest BCUT2D eigenvalue weighted by Gasteiger charge is 2.40. The van der Waals surface area contributed by atoms with Gasteiger partial charge in [0, 0.05) is 0 Å². The summed E-state index contributed by atoms with van der Waals surface area (Å²) in [5.74, 6) is 0.939. The number of aliphatic hydroxyl groups is 1. The van der Waals surface area contributed by atoms with E-state index in [2.05, 4.69) is 11.9 Å². The highest BCUT2D eigenvalue weighted by atomic mass is 32.1. The molecule has 0 amide bonds. The van der Waals surface area contributed by atoms with Gasteiger partial charge in [0.05, 0.1) is 10.6 Å². The third-order valence-corrected chi connectivity index (χ3v) is 3.94. The molecule has 76 valence electrons. The second-order valence-electron chi connectivity index (χ2n) is 3.94. The summed E-state index contributed by atoms with van der Waals surface area (Å²) in [6.45, 7) is 3.92. The topological polar surface area (TPSA) is 50.2 Å². The Labute approximate surface area is 86.8 Å². The van der Waals surface area contributed by atoms with Crippen molar-refractivity contribution >= 4 is 17.6 Å². The summed E-state index contributed by atoms with van der Waals surface area (Å²) in [6.07, 6.45) is 1.40. The maximum absolute atomic E-state index is 10.6. The number of aryl methyl sites for hydroxylation is 1. The third kappa shape index (κ3) is 1.60. The van der Waals surface area contributed by atoms with E-state index in [1.807, 2.05) is 0 Å². The largest absolute Gasteiger partial charge is 0.386 e. The number of rotatable bonds is 3. The van der Waals surface area contributed by atoms with Crippen LogP contribution in [-0.4, -0.2) is 16.4 Å². The van der Waals surface area contributed by atoms with Gasteiger partial charge in [0.1, 0.15) is 11.1 Å². The van der Waals surface area contributed by atoms with Crippen LogP contribution in [0.1, 0.15) is 39.8 Å². The van der Waals surface area contributed by atoms with Crippen LogP contribution in [0.2, 0.25) is 0 Å². The number of carbonyl (C=O) groups is 1. The lowest BCUT2D eigenvalue weighted by atomic mass is 10.2. The predicted octanol–water partition coefficient (Wildman–Crippen LogP) is 1.95. The number of nitrogens with zero attached hydrogens (tertiary/aromatic N) is 1. The molecule has 0 spiro atoms. The Bertz CT molecular complexity index is 361. The number of hydrogen-bond donors (Lipinski definition) is 1. The van der Waals surface area contributed by atoms with E-state index < -0.39 is 6.10 Å². The predicted molar refractivity (Wildman–Crippen MR) is 54.5 cm³/mol. The van der Waals surface area contributed by atoms with E-state index in [4.69, 9.17) is 0 Å². The van der Waals surface area contributed by atoms with Crippen LogP contribution in [0.15, 0.2) is 0 Å². The van der Waals surface area contributed by atoms with Crippen LogP contribution in [0, 0.1) is 18.8 Å². The second-order valence-corrected chi connectivity index (χ2v) is 5.00. The molecule has 1 fully saturated rings. The Morgan fingerprint density at radius 2 is 2.36 bits per heavy atom. The molecular weight excluding hydrogens is 198 g/mol. The van der Waals surface area contributed by atoms with Gasteiger partial charge in [-0.2, -0.15) is 0 Å². The maximum atomic E-state index is 10.6. The molecule has 3 atom stereocenters. The summed E-state index contributed by atoms with van der Waals surface area (Å²) in [6, 6.07) is 0. The maximum Gasteiger partial charge on any atom is 0.161 e. The summed E-state index contributed by atoms with van der Waals surface area (Å²) in [7, 11) is 0. The van der Waals surface area contributed by atoms with Gasteiger partial charge < -0.3 is 5.11 Å². The fraction of sp³-hybridized carbons (Fsp3) is 0.600. The molecule has 4 heteroatoms. The fourth-order valence-corrected chi connectivity index (χ4v) is 2.58. The van der Waals surface area contributed by atoms with Crippen molar-refractivity contribution in [1.82, 2.24) is 4.98 Å². The molecule has 1 aromatic heterocycles. The molecule has 2 rings (SSSR count). The van der Waals surface area contributed by atoms with Crippen molar-refractivity contribution in [1.29, 1.82) is 0 Å². The Hall–Kier alpha value is -0.740. The molecule has 3 nitrogen and oxygen atoms in total. The van der Waals surface area contributed by atoms with Gasteiger partial charge in [0.2, 0.25) is 0 Å². The lowest BCUT2D eigenvalue weighted by Gasteiger charge is -2.04. The van der Waals surface area contributed by atoms with Gasteiger partial charge in [0.25, 0.3) is 0 Å². The third-order valence-electron chi connectivity index (χ3n) is 2.79. The van der Waals surface area contributed by atoms with Crippen molar-refractivity contribution < 1.29 is 9.90 Å². The number of aliphatic hydroxyl groups excluding tert-OH is 1. The average molecular weight is 211 g/mol. The minimum absolute atomic E-state index is 0.347. The summed E-state index contributed by atoms with van der Waals surface area (Å²) in [4.78, 5) is 15.4. The van der Waals surface area contributed by atoms with Gasteiger partial charge in [0.15, 0.2) is 6.29 Å². The van der Waals surface area contributed by atoms with Crippen LogP contribution in [0.4, 0.5) is 0 Å². The van der Waals surface area contributed by atoms with Crippen molar-refractivity contribution in [2.45, 2.75) is 26.4 Å². The Morgan fingerprint density at radius 3 is 2.79 bits per heavy atom. The summed E-state index contributed by atoms with van der Waals surface area (Å²) < 4.78 is 0. The number of carbonyl (C=O) groups excluding carboxylic acids is 1. The number of aldehydes is 1. The normalized spacial score (nSPS) is 27.4. The van der Waals surface area contributed by atoms with Crippen molar-refractivity contribution in [2.24, 2.45) is 11.8 Å². The van der Waals surface area contributed by atoms with Gasteiger partial charge in [-0.05, 0) is 25.2 Å². The monoisotopic (exact) mass is 211 g/mol. The van der Waals surface area contributed by atoms with E-state index in [0.717, 1.165) is 18.4 Å². The number of thiazole rings is 1. The summed E-state index contributed by atoms with van der Waals surface area (Å²) in [5, 5.41) is 10.6. The van der Waals surface area contributed by atoms with Crippen molar-refractivity contribution in [3.8, 4) is 0 Å². The first-order valence-electron chi connectivity index (χ1n) is 4.74. The van der Waals surface area contributed by atoms with Gasteiger partial charge >= 0.3 is 0 Å². The van der Waals surface area contributed by atoms with Crippen LogP contribution >= 0.6 is 11.3 Å². The van der Waals surface area contributed by atoms with Crippen LogP contribution in [-0.2, 0) is 0 Å². The minimum atomic E-state index is -0.470. The van der Waals surface area contributed by atoms with E-state index in [9.17, 15) is 9.90 Å². The lowest BCUT2D eigenvalue weighted by Crippen LogP contribution is -2.00. The SMILES string of the molecule is Cc1nc(C(O)C2CC2C)sc1C=O. The molecule has 1 N–H and O–H groups in total. The first-order valence-corrected chi connectivity index (χ1v) is 5.55. The summed E-state index contributed by atoms with van der Waals surface area (Å²) in [5.41, 5.74) is 0.729. The zero-order valence-corrected chi connectivity index (χ0v) is 9.04. The van der Waals surface area contributed by atoms with E-state index in [1.165, 1.54) is 11.3 Å². The van der Waals surface area contributed by atoms with E-state index in [1.54, 1.807) is 6.92 Å². The van der Waals surface area contributed by atoms with Crippen LogP contribution < -0.4 is 0 Å². The zero-order valence-electron chi connectivity index (χ0n) is 8.23. The molecule has 0 aliphatic heterocycles. The highest BCUT2D eigenvalue weighted by molar-refractivity contribution is 7.13. The van der Waals surface area contributed by atoms with Gasteiger partial charge in [-0.15, -0.1) is 11.3 Å². The fourth-order valence-electron chi connectivity index (χ4n) is 1.64. The molecule has 3 unspecified atom stereocenters. The lowest BCUT2D eigenvalue weighted by molar-refractivity contribution is 0.112. The molecule has 1 heterocycles. The molecular formula is C10H13NO2S. The molecule has 1 aliphatic rings. The number of hydrogen-bond acceptors (Lipinski definition) is 4. The Balaban J connectivity index is 2.19. The molecule has 14 heavy (non-hydrogen) atoms. The van der Waals surface area contributed by atoms with E-state index in [-0.39, 0.29) is 0 Å². The molecule has 1 aromatic rings. The first-order chi connectivity index (χ1) is 6.63. The molecule has 0 saturated heterocycles. The van der Waals surface area contributed by atoms with Crippen LogP contribution in [0.3, 0.4) is 0 Å². The van der Waals surface area contributed by atoms with E-state index in [0.29, 0.717) is 21.7 Å². The van der Waals surface area contributed by atoms with Crippen LogP contribution in [0.25, 0.3) is 0 Å². The Morgan fingerprint density at radius 1 is 1.71 bits per heavy atom. The van der Waals surface area contributed by atoms with Gasteiger partial charge in [-0.25, -0.2) is 4.98 Å². The first kappa shape index (κ1) is 9.80. The smallest absolute Gasteiger partial charge is 0.161 e. The standard InChI is InChI=1S/C10H13NO2S/c1-5-3-7(5)9(13)10-11-6(2)8(4-12)14-10/h4-5,7,9,13H,3H2,1-2H3. The highest BCUT2D eigenvalue weighted by Crippen LogP contribution is 2.47. The second kappa shape index (κ2) is 3.44. The molecule has 0 bridgehead atoms. The Kier molecular flexibility index (Phi) is 2.41. The van der Waals surface area contributed by atoms with E-state index >= 15 is 0 Å². The van der Waals surface area contributed by atoms with Gasteiger partial charge in [-0.3, -0.25) is 4.79 Å². The summed E-state index contributed by atoms with van der Waals surface area (Å²) >= 11 is 1.31. The zero-order chi connectivity index (χ0) is 10.3. The minimum Gasteiger partial charge on any atom is -0.386 e. The van der Waals surface area contributed by atoms with Gasteiger partial charge in [-0.1, -0.05) is 6.92 Å².